The van der Waals surface area contributed by atoms with Crippen LogP contribution in [0.25, 0.3) is 0 Å². The number of hydrogen-bond acceptors (Lipinski definition) is 3. The zero-order valence-electron chi connectivity index (χ0n) is 11.4. The van der Waals surface area contributed by atoms with Crippen molar-refractivity contribution in [3.63, 3.8) is 0 Å². The summed E-state index contributed by atoms with van der Waals surface area (Å²) in [6, 6.07) is 5.99. The van der Waals surface area contributed by atoms with E-state index in [1.807, 2.05) is 35.3 Å². The number of rotatable bonds is 5. The van der Waals surface area contributed by atoms with Crippen molar-refractivity contribution in [1.29, 1.82) is 0 Å². The molecule has 0 unspecified atom stereocenters. The smallest absolute Gasteiger partial charge is 0.125 e. The van der Waals surface area contributed by atoms with Gasteiger partial charge in [-0.15, -0.1) is 0 Å². The van der Waals surface area contributed by atoms with Gasteiger partial charge in [0.15, 0.2) is 0 Å². The first-order valence-corrected chi connectivity index (χ1v) is 6.59. The van der Waals surface area contributed by atoms with Gasteiger partial charge in [-0.2, -0.15) is 5.10 Å². The molecule has 1 heterocycles. The zero-order valence-corrected chi connectivity index (χ0v) is 12.1. The highest BCUT2D eigenvalue weighted by Gasteiger charge is 2.08. The molecule has 5 heteroatoms. The molecule has 1 aromatic carbocycles. The molecule has 1 aromatic heterocycles. The quantitative estimate of drug-likeness (QED) is 0.906. The van der Waals surface area contributed by atoms with Crippen molar-refractivity contribution >= 4 is 17.3 Å². The van der Waals surface area contributed by atoms with Crippen molar-refractivity contribution in [2.45, 2.75) is 26.4 Å². The van der Waals surface area contributed by atoms with Crippen LogP contribution in [-0.4, -0.2) is 16.9 Å². The number of ether oxygens (including phenoxy) is 1. The highest BCUT2D eigenvalue weighted by Crippen LogP contribution is 2.27. The summed E-state index contributed by atoms with van der Waals surface area (Å²) in [5.41, 5.74) is 1.92. The first-order valence-electron chi connectivity index (χ1n) is 6.21. The van der Waals surface area contributed by atoms with E-state index in [0.717, 1.165) is 17.0 Å². The van der Waals surface area contributed by atoms with E-state index < -0.39 is 0 Å². The molecule has 0 fully saturated rings. The maximum Gasteiger partial charge on any atom is 0.125 e. The monoisotopic (exact) mass is 279 g/mol. The van der Waals surface area contributed by atoms with Crippen LogP contribution in [0.15, 0.2) is 30.6 Å². The zero-order chi connectivity index (χ0) is 13.8. The van der Waals surface area contributed by atoms with Crippen LogP contribution in [0.4, 0.5) is 5.69 Å². The van der Waals surface area contributed by atoms with Gasteiger partial charge in [0.1, 0.15) is 5.75 Å². The molecule has 0 atom stereocenters. The van der Waals surface area contributed by atoms with Crippen LogP contribution in [0.1, 0.15) is 25.5 Å². The Bertz CT molecular complexity index is 551. The minimum Gasteiger partial charge on any atom is -0.496 e. The lowest BCUT2D eigenvalue weighted by Crippen LogP contribution is -2.02. The predicted octanol–water partition coefficient (Wildman–Crippen LogP) is 3.74. The van der Waals surface area contributed by atoms with Gasteiger partial charge < -0.3 is 10.1 Å². The summed E-state index contributed by atoms with van der Waals surface area (Å²) in [4.78, 5) is 0. The highest BCUT2D eigenvalue weighted by atomic mass is 35.5. The molecule has 4 nitrogen and oxygen atoms in total. The summed E-state index contributed by atoms with van der Waals surface area (Å²) in [5, 5.41) is 8.28. The maximum atomic E-state index is 6.19. The SMILES string of the molecule is COc1cccc(Cl)c1CNc1cnn(C(C)C)c1. The standard InChI is InChI=1S/C14H18ClN3O/c1-10(2)18-9-11(7-17-18)16-8-12-13(15)5-4-6-14(12)19-3/h4-7,9-10,16H,8H2,1-3H3. The fourth-order valence-electron chi connectivity index (χ4n) is 1.80. The van der Waals surface area contributed by atoms with Gasteiger partial charge >= 0.3 is 0 Å². The molecule has 0 aliphatic carbocycles. The minimum atomic E-state index is 0.352. The molecule has 0 saturated carbocycles. The Kier molecular flexibility index (Phi) is 4.32. The van der Waals surface area contributed by atoms with Crippen LogP contribution >= 0.6 is 11.6 Å². The molecule has 0 amide bonds. The largest absolute Gasteiger partial charge is 0.496 e. The lowest BCUT2D eigenvalue weighted by molar-refractivity contribution is 0.410. The maximum absolute atomic E-state index is 6.19. The van der Waals surface area contributed by atoms with Crippen LogP contribution in [0.3, 0.4) is 0 Å². The summed E-state index contributed by atoms with van der Waals surface area (Å²) in [6.07, 6.45) is 3.79. The second-order valence-electron chi connectivity index (χ2n) is 4.58. The van der Waals surface area contributed by atoms with Gasteiger partial charge in [-0.05, 0) is 26.0 Å². The molecule has 0 saturated heterocycles. The van der Waals surface area contributed by atoms with Crippen LogP contribution < -0.4 is 10.1 Å². The Morgan fingerprint density at radius 1 is 1.42 bits per heavy atom. The average molecular weight is 280 g/mol. The van der Waals surface area contributed by atoms with Crippen LogP contribution in [0.5, 0.6) is 5.75 Å². The predicted molar refractivity (Wildman–Crippen MR) is 77.9 cm³/mol. The number of methoxy groups -OCH3 is 1. The third kappa shape index (κ3) is 3.20. The Hall–Kier alpha value is -1.68. The third-order valence-corrected chi connectivity index (χ3v) is 3.25. The number of halogens is 1. The van der Waals surface area contributed by atoms with Crippen molar-refractivity contribution in [3.05, 3.63) is 41.2 Å². The van der Waals surface area contributed by atoms with Gasteiger partial charge in [0.2, 0.25) is 0 Å². The molecule has 19 heavy (non-hydrogen) atoms. The topological polar surface area (TPSA) is 39.1 Å². The molecule has 102 valence electrons. The number of benzene rings is 1. The summed E-state index contributed by atoms with van der Waals surface area (Å²) in [7, 11) is 1.64. The van der Waals surface area contributed by atoms with E-state index in [-0.39, 0.29) is 0 Å². The van der Waals surface area contributed by atoms with E-state index in [2.05, 4.69) is 24.3 Å². The molecule has 2 rings (SSSR count). The van der Waals surface area contributed by atoms with Gasteiger partial charge in [-0.1, -0.05) is 17.7 Å². The van der Waals surface area contributed by atoms with Gasteiger partial charge in [0, 0.05) is 29.4 Å². The summed E-state index contributed by atoms with van der Waals surface area (Å²) in [6.45, 7) is 4.79. The van der Waals surface area contributed by atoms with E-state index >= 15 is 0 Å². The minimum absolute atomic E-state index is 0.352. The molecular weight excluding hydrogens is 262 g/mol. The Balaban J connectivity index is 2.09. The van der Waals surface area contributed by atoms with Crippen LogP contribution in [0, 0.1) is 0 Å². The Morgan fingerprint density at radius 2 is 2.21 bits per heavy atom. The molecule has 0 aliphatic rings. The molecule has 0 spiro atoms. The number of nitrogens with zero attached hydrogens (tertiary/aromatic N) is 2. The lowest BCUT2D eigenvalue weighted by Gasteiger charge is -2.11. The molecule has 0 aliphatic heterocycles. The Morgan fingerprint density at radius 3 is 2.84 bits per heavy atom. The second-order valence-corrected chi connectivity index (χ2v) is 4.98. The number of nitrogens with one attached hydrogen (secondary N) is 1. The van der Waals surface area contributed by atoms with Gasteiger partial charge in [0.25, 0.3) is 0 Å². The summed E-state index contributed by atoms with van der Waals surface area (Å²) >= 11 is 6.19. The van der Waals surface area contributed by atoms with Crippen molar-refractivity contribution < 1.29 is 4.74 Å². The van der Waals surface area contributed by atoms with Crippen molar-refractivity contribution in [2.24, 2.45) is 0 Å². The second kappa shape index (κ2) is 5.97. The number of aromatic nitrogens is 2. The molecule has 2 aromatic rings. The summed E-state index contributed by atoms with van der Waals surface area (Å²) < 4.78 is 7.22. The molecule has 1 N–H and O–H groups in total. The Labute approximate surface area is 118 Å². The van der Waals surface area contributed by atoms with Crippen molar-refractivity contribution in [1.82, 2.24) is 9.78 Å². The number of anilines is 1. The first-order chi connectivity index (χ1) is 9.11. The first kappa shape index (κ1) is 13.7. The normalized spacial score (nSPS) is 10.8. The highest BCUT2D eigenvalue weighted by molar-refractivity contribution is 6.31. The average Bonchev–Trinajstić information content (AvgIpc) is 2.86. The fraction of sp³-hybridized carbons (Fsp3) is 0.357. The van der Waals surface area contributed by atoms with Gasteiger partial charge in [0.05, 0.1) is 19.0 Å². The van der Waals surface area contributed by atoms with E-state index in [9.17, 15) is 0 Å². The van der Waals surface area contributed by atoms with Crippen LogP contribution in [-0.2, 0) is 6.54 Å². The summed E-state index contributed by atoms with van der Waals surface area (Å²) in [5.74, 6) is 0.788. The number of hydrogen-bond donors (Lipinski definition) is 1. The molecular formula is C14H18ClN3O. The van der Waals surface area contributed by atoms with E-state index in [1.165, 1.54) is 0 Å². The van der Waals surface area contributed by atoms with E-state index in [4.69, 9.17) is 16.3 Å². The fourth-order valence-corrected chi connectivity index (χ4v) is 2.04. The van der Waals surface area contributed by atoms with Crippen molar-refractivity contribution in [3.8, 4) is 5.75 Å². The van der Waals surface area contributed by atoms with E-state index in [0.29, 0.717) is 17.6 Å². The van der Waals surface area contributed by atoms with Gasteiger partial charge in [-0.3, -0.25) is 4.68 Å². The van der Waals surface area contributed by atoms with Crippen molar-refractivity contribution in [2.75, 3.05) is 12.4 Å². The van der Waals surface area contributed by atoms with E-state index in [1.54, 1.807) is 7.11 Å². The van der Waals surface area contributed by atoms with Crippen LogP contribution in [0.2, 0.25) is 5.02 Å². The van der Waals surface area contributed by atoms with Gasteiger partial charge in [-0.25, -0.2) is 0 Å². The third-order valence-electron chi connectivity index (χ3n) is 2.90. The molecule has 0 bridgehead atoms. The lowest BCUT2D eigenvalue weighted by atomic mass is 10.2. The molecule has 0 radical (unpaired) electrons.